The molecule has 1 saturated heterocycles. The van der Waals surface area contributed by atoms with Crippen LogP contribution in [-0.4, -0.2) is 37.1 Å². The van der Waals surface area contributed by atoms with Crippen LogP contribution in [0.25, 0.3) is 0 Å². The van der Waals surface area contributed by atoms with Crippen molar-refractivity contribution in [3.63, 3.8) is 0 Å². The molecule has 0 amide bonds. The molecule has 1 fully saturated rings. The molecule has 2 atom stereocenters. The zero-order valence-electron chi connectivity index (χ0n) is 9.63. The van der Waals surface area contributed by atoms with E-state index in [9.17, 15) is 0 Å². The summed E-state index contributed by atoms with van der Waals surface area (Å²) >= 11 is 0. The minimum atomic E-state index is 0.742. The highest BCUT2D eigenvalue weighted by molar-refractivity contribution is 4.86. The average Bonchev–Trinajstić information content (AvgIpc) is 2.21. The Labute approximate surface area is 88.4 Å². The molecule has 1 rings (SSSR count). The topological polar surface area (TPSA) is 15.3 Å². The van der Waals surface area contributed by atoms with E-state index in [0.717, 1.165) is 25.0 Å². The summed E-state index contributed by atoms with van der Waals surface area (Å²) < 4.78 is 0. The van der Waals surface area contributed by atoms with Crippen molar-refractivity contribution >= 4 is 0 Å². The number of likely N-dealkylation sites (tertiary alicyclic amines) is 1. The van der Waals surface area contributed by atoms with Crippen LogP contribution in [0.1, 0.15) is 26.7 Å². The first-order valence-electron chi connectivity index (χ1n) is 5.88. The number of rotatable bonds is 5. The Bertz CT molecular complexity index is 168. The molecule has 1 aliphatic heterocycles. The summed E-state index contributed by atoms with van der Waals surface area (Å²) in [4.78, 5) is 2.51. The van der Waals surface area contributed by atoms with Crippen LogP contribution in [0.5, 0.6) is 0 Å². The van der Waals surface area contributed by atoms with E-state index in [4.69, 9.17) is 0 Å². The first-order valence-corrected chi connectivity index (χ1v) is 5.88. The van der Waals surface area contributed by atoms with Gasteiger partial charge in [0.15, 0.2) is 0 Å². The highest BCUT2D eigenvalue weighted by Gasteiger charge is 2.26. The summed E-state index contributed by atoms with van der Waals surface area (Å²) in [5.41, 5.74) is 0. The van der Waals surface area contributed by atoms with E-state index in [1.807, 2.05) is 6.08 Å². The molecule has 2 heteroatoms. The van der Waals surface area contributed by atoms with Crippen LogP contribution in [0, 0.1) is 5.92 Å². The molecule has 0 aliphatic carbocycles. The zero-order chi connectivity index (χ0) is 10.4. The lowest BCUT2D eigenvalue weighted by molar-refractivity contribution is 0.148. The van der Waals surface area contributed by atoms with Crippen molar-refractivity contribution in [3.05, 3.63) is 12.7 Å². The van der Waals surface area contributed by atoms with Crippen molar-refractivity contribution in [1.82, 2.24) is 10.2 Å². The molecule has 0 spiro atoms. The molecule has 82 valence electrons. The third-order valence-corrected chi connectivity index (χ3v) is 3.20. The average molecular weight is 196 g/mol. The van der Waals surface area contributed by atoms with Gasteiger partial charge >= 0.3 is 0 Å². The van der Waals surface area contributed by atoms with Crippen molar-refractivity contribution in [2.75, 3.05) is 26.2 Å². The summed E-state index contributed by atoms with van der Waals surface area (Å²) in [5, 5.41) is 3.60. The van der Waals surface area contributed by atoms with Gasteiger partial charge in [-0.2, -0.15) is 0 Å². The maximum absolute atomic E-state index is 3.80. The van der Waals surface area contributed by atoms with Crippen LogP contribution in [0.4, 0.5) is 0 Å². The second-order valence-electron chi connectivity index (χ2n) is 4.17. The molecule has 1 heterocycles. The molecule has 2 nitrogen and oxygen atoms in total. The van der Waals surface area contributed by atoms with Gasteiger partial charge in [-0.05, 0) is 25.4 Å². The largest absolute Gasteiger partial charge is 0.314 e. The van der Waals surface area contributed by atoms with Crippen molar-refractivity contribution < 1.29 is 0 Å². The minimum absolute atomic E-state index is 0.742. The maximum atomic E-state index is 3.80. The minimum Gasteiger partial charge on any atom is -0.314 e. The van der Waals surface area contributed by atoms with Gasteiger partial charge in [-0.25, -0.2) is 0 Å². The first-order chi connectivity index (χ1) is 6.81. The predicted octanol–water partition coefficient (Wildman–Crippen LogP) is 1.88. The third-order valence-electron chi connectivity index (χ3n) is 3.20. The molecule has 14 heavy (non-hydrogen) atoms. The van der Waals surface area contributed by atoms with E-state index in [2.05, 4.69) is 30.6 Å². The molecule has 0 radical (unpaired) electrons. The fraction of sp³-hybridized carbons (Fsp3) is 0.833. The summed E-state index contributed by atoms with van der Waals surface area (Å²) in [7, 11) is 0. The fourth-order valence-corrected chi connectivity index (χ4v) is 2.40. The Morgan fingerprint density at radius 3 is 2.86 bits per heavy atom. The Balaban J connectivity index is 2.41. The third kappa shape index (κ3) is 3.10. The summed E-state index contributed by atoms with van der Waals surface area (Å²) in [6, 6.07) is 0.742. The molecule has 0 aromatic heterocycles. The molecule has 1 aliphatic rings. The van der Waals surface area contributed by atoms with Gasteiger partial charge < -0.3 is 5.32 Å². The van der Waals surface area contributed by atoms with Gasteiger partial charge in [-0.1, -0.05) is 26.3 Å². The lowest BCUT2D eigenvalue weighted by Crippen LogP contribution is -2.49. The zero-order valence-corrected chi connectivity index (χ0v) is 9.63. The Hall–Kier alpha value is -0.340. The number of nitrogens with zero attached hydrogens (tertiary/aromatic N) is 1. The normalized spacial score (nSPS) is 29.0. The molecule has 0 aromatic rings. The maximum Gasteiger partial charge on any atom is 0.0160 e. The van der Waals surface area contributed by atoms with E-state index < -0.39 is 0 Å². The number of hydrogen-bond acceptors (Lipinski definition) is 2. The standard InChI is InChI=1S/C12H24N2/c1-4-8-14-9-7-12(13-6-3)11(5-2)10-14/h4,11-13H,1,5-10H2,2-3H3. The van der Waals surface area contributed by atoms with E-state index in [0.29, 0.717) is 0 Å². The van der Waals surface area contributed by atoms with E-state index in [1.54, 1.807) is 0 Å². The van der Waals surface area contributed by atoms with Crippen molar-refractivity contribution in [2.24, 2.45) is 5.92 Å². The highest BCUT2D eigenvalue weighted by Crippen LogP contribution is 2.19. The quantitative estimate of drug-likeness (QED) is 0.675. The van der Waals surface area contributed by atoms with Crippen molar-refractivity contribution in [3.8, 4) is 0 Å². The van der Waals surface area contributed by atoms with Crippen LogP contribution in [-0.2, 0) is 0 Å². The second kappa shape index (κ2) is 6.20. The lowest BCUT2D eigenvalue weighted by atomic mass is 9.90. The van der Waals surface area contributed by atoms with Gasteiger partial charge in [0, 0.05) is 19.1 Å². The highest BCUT2D eigenvalue weighted by atomic mass is 15.1. The van der Waals surface area contributed by atoms with Gasteiger partial charge in [-0.15, -0.1) is 6.58 Å². The van der Waals surface area contributed by atoms with Crippen LogP contribution in [0.3, 0.4) is 0 Å². The monoisotopic (exact) mass is 196 g/mol. The molecule has 1 N–H and O–H groups in total. The molecule has 0 aromatic carbocycles. The van der Waals surface area contributed by atoms with Gasteiger partial charge in [0.2, 0.25) is 0 Å². The Kier molecular flexibility index (Phi) is 5.20. The Morgan fingerprint density at radius 1 is 1.50 bits per heavy atom. The summed E-state index contributed by atoms with van der Waals surface area (Å²) in [6.45, 7) is 12.9. The molecule has 0 bridgehead atoms. The molecule has 0 saturated carbocycles. The number of hydrogen-bond donors (Lipinski definition) is 1. The van der Waals surface area contributed by atoms with Gasteiger partial charge in [0.25, 0.3) is 0 Å². The SMILES string of the molecule is C=CCN1CCC(NCC)C(CC)C1. The van der Waals surface area contributed by atoms with Crippen LogP contribution < -0.4 is 5.32 Å². The smallest absolute Gasteiger partial charge is 0.0160 e. The van der Waals surface area contributed by atoms with Crippen molar-refractivity contribution in [2.45, 2.75) is 32.7 Å². The predicted molar refractivity (Wildman–Crippen MR) is 62.5 cm³/mol. The van der Waals surface area contributed by atoms with Crippen LogP contribution >= 0.6 is 0 Å². The number of nitrogens with one attached hydrogen (secondary N) is 1. The Morgan fingerprint density at radius 2 is 2.29 bits per heavy atom. The van der Waals surface area contributed by atoms with E-state index in [1.165, 1.54) is 25.9 Å². The molecular formula is C12H24N2. The first kappa shape index (κ1) is 11.7. The van der Waals surface area contributed by atoms with Crippen LogP contribution in [0.2, 0.25) is 0 Å². The van der Waals surface area contributed by atoms with Crippen molar-refractivity contribution in [1.29, 1.82) is 0 Å². The molecule has 2 unspecified atom stereocenters. The second-order valence-corrected chi connectivity index (χ2v) is 4.17. The van der Waals surface area contributed by atoms with Crippen LogP contribution in [0.15, 0.2) is 12.7 Å². The summed E-state index contributed by atoms with van der Waals surface area (Å²) in [6.07, 6.45) is 4.59. The molecular weight excluding hydrogens is 172 g/mol. The number of piperidine rings is 1. The van der Waals surface area contributed by atoms with E-state index >= 15 is 0 Å². The van der Waals surface area contributed by atoms with E-state index in [-0.39, 0.29) is 0 Å². The summed E-state index contributed by atoms with van der Waals surface area (Å²) in [5.74, 6) is 0.823. The van der Waals surface area contributed by atoms with Gasteiger partial charge in [0.1, 0.15) is 0 Å². The van der Waals surface area contributed by atoms with Gasteiger partial charge in [0.05, 0.1) is 0 Å². The fourth-order valence-electron chi connectivity index (χ4n) is 2.40. The lowest BCUT2D eigenvalue weighted by Gasteiger charge is -2.38. The van der Waals surface area contributed by atoms with Gasteiger partial charge in [-0.3, -0.25) is 4.90 Å².